The Morgan fingerprint density at radius 1 is 0.424 bits per heavy atom. The van der Waals surface area contributed by atoms with Crippen molar-refractivity contribution in [3.05, 3.63) is 122 Å². The van der Waals surface area contributed by atoms with Gasteiger partial charge in [-0.25, -0.2) is 4.57 Å². The number of nitrogens with one attached hydrogen (secondary N) is 1. The van der Waals surface area contributed by atoms with Gasteiger partial charge in [-0.2, -0.15) is 0 Å². The second kappa shape index (κ2) is 63.4. The van der Waals surface area contributed by atoms with E-state index in [0.717, 1.165) is 103 Å². The van der Waals surface area contributed by atoms with Gasteiger partial charge in [-0.1, -0.05) is 277 Å². The fourth-order valence-electron chi connectivity index (χ4n) is 9.54. The van der Waals surface area contributed by atoms with Crippen LogP contribution in [-0.2, 0) is 27.9 Å². The molecule has 0 aromatic heterocycles. The summed E-state index contributed by atoms with van der Waals surface area (Å²) in [4.78, 5) is 37.8. The Morgan fingerprint density at radius 3 is 1.16 bits per heavy atom. The lowest BCUT2D eigenvalue weighted by molar-refractivity contribution is -0.870. The third kappa shape index (κ3) is 64.7. The minimum absolute atomic E-state index is 0.0260. The molecule has 0 spiro atoms. The monoisotopic (exact) mass is 1200 g/mol. The number of phosphoric acid groups is 1. The second-order valence-corrected chi connectivity index (χ2v) is 25.8. The maximum Gasteiger partial charge on any atom is 0.472 e. The summed E-state index contributed by atoms with van der Waals surface area (Å²) in [6, 6.07) is -0.880. The lowest BCUT2D eigenvalue weighted by atomic mass is 10.0. The molecule has 0 radical (unpaired) electrons. The zero-order chi connectivity index (χ0) is 62.1. The minimum atomic E-state index is -4.47. The van der Waals surface area contributed by atoms with Crippen LogP contribution in [0.1, 0.15) is 290 Å². The van der Waals surface area contributed by atoms with Gasteiger partial charge in [0.2, 0.25) is 5.91 Å². The molecule has 2 N–H and O–H groups in total. The van der Waals surface area contributed by atoms with Crippen LogP contribution in [0.2, 0.25) is 0 Å². The number of ether oxygens (including phenoxy) is 1. The van der Waals surface area contributed by atoms with Gasteiger partial charge in [0.25, 0.3) is 0 Å². The summed E-state index contributed by atoms with van der Waals surface area (Å²) < 4.78 is 30.7. The highest BCUT2D eigenvalue weighted by Gasteiger charge is 2.30. The summed E-state index contributed by atoms with van der Waals surface area (Å²) in [6.45, 7) is 6.84. The van der Waals surface area contributed by atoms with Gasteiger partial charge >= 0.3 is 13.8 Å². The number of rotatable bonds is 62. The highest BCUT2D eigenvalue weighted by Crippen LogP contribution is 2.43. The van der Waals surface area contributed by atoms with E-state index in [-0.39, 0.29) is 37.9 Å². The van der Waals surface area contributed by atoms with E-state index in [1.807, 2.05) is 33.3 Å². The van der Waals surface area contributed by atoms with E-state index in [0.29, 0.717) is 17.4 Å². The average Bonchev–Trinajstić information content (AvgIpc) is 3.57. The SMILES string of the molecule is CC/C=C\C/C=C\C/C=C\C/C=C\C/C=C\C/C=C\CCCCC(=O)NC(COP(=O)(O)OCC[N+](C)(C)C)C(/C=C\CCCCCCCCCCC)OC(=O)CCCCCCCCCCCCCCCC/C=C\C/C=C\C/C=C\CCCCC. The van der Waals surface area contributed by atoms with E-state index in [4.69, 9.17) is 13.8 Å². The molecule has 488 valence electrons. The van der Waals surface area contributed by atoms with Crippen LogP contribution >= 0.6 is 7.82 Å². The number of hydrogen-bond acceptors (Lipinski definition) is 6. The number of amides is 1. The number of carbonyl (C=O) groups excluding carboxylic acids is 2. The van der Waals surface area contributed by atoms with Crippen molar-refractivity contribution in [2.45, 2.75) is 303 Å². The number of carbonyl (C=O) groups is 2. The quantitative estimate of drug-likeness (QED) is 0.0205. The predicted octanol–water partition coefficient (Wildman–Crippen LogP) is 22.2. The Balaban J connectivity index is 5.10. The van der Waals surface area contributed by atoms with Crippen molar-refractivity contribution >= 4 is 19.7 Å². The molecule has 0 saturated heterocycles. The molecule has 9 nitrogen and oxygen atoms in total. The molecule has 0 aromatic rings. The highest BCUT2D eigenvalue weighted by atomic mass is 31.2. The van der Waals surface area contributed by atoms with Crippen molar-refractivity contribution in [2.24, 2.45) is 0 Å². The number of likely N-dealkylation sites (N-methyl/N-ethyl adjacent to an activating group) is 1. The van der Waals surface area contributed by atoms with E-state index in [1.54, 1.807) is 0 Å². The van der Waals surface area contributed by atoms with Crippen molar-refractivity contribution in [3.63, 3.8) is 0 Å². The predicted molar refractivity (Wildman–Crippen MR) is 369 cm³/mol. The van der Waals surface area contributed by atoms with Crippen molar-refractivity contribution < 1.29 is 37.3 Å². The van der Waals surface area contributed by atoms with E-state index >= 15 is 0 Å². The number of esters is 1. The van der Waals surface area contributed by atoms with Crippen molar-refractivity contribution in [1.29, 1.82) is 0 Å². The summed E-state index contributed by atoms with van der Waals surface area (Å²) in [6.07, 6.45) is 89.3. The molecule has 0 aliphatic rings. The maximum absolute atomic E-state index is 13.6. The lowest BCUT2D eigenvalue weighted by Gasteiger charge is -2.27. The third-order valence-electron chi connectivity index (χ3n) is 14.9. The fourth-order valence-corrected chi connectivity index (χ4v) is 10.3. The van der Waals surface area contributed by atoms with Crippen LogP contribution in [0.5, 0.6) is 0 Å². The van der Waals surface area contributed by atoms with Crippen LogP contribution in [0, 0.1) is 0 Å². The van der Waals surface area contributed by atoms with Crippen LogP contribution in [0.25, 0.3) is 0 Å². The smallest absolute Gasteiger partial charge is 0.456 e. The fraction of sp³-hybridized carbons (Fsp3) is 0.707. The van der Waals surface area contributed by atoms with E-state index < -0.39 is 20.0 Å². The van der Waals surface area contributed by atoms with Crippen LogP contribution in [-0.4, -0.2) is 74.3 Å². The lowest BCUT2D eigenvalue weighted by Crippen LogP contribution is -2.47. The van der Waals surface area contributed by atoms with Crippen LogP contribution in [0.15, 0.2) is 122 Å². The molecule has 0 saturated carbocycles. The maximum atomic E-state index is 13.6. The summed E-state index contributed by atoms with van der Waals surface area (Å²) in [7, 11) is 1.45. The van der Waals surface area contributed by atoms with Gasteiger partial charge in [0.1, 0.15) is 19.3 Å². The standard InChI is InChI=1S/C75H131N2O7P/c1-7-10-13-16-19-22-25-27-29-31-33-35-36-37-38-39-40-42-44-46-48-50-53-56-59-62-65-68-75(79)84-73(66-63-60-57-54-51-24-21-18-15-12-9-3)72(71-83-85(80,81)82-70-69-77(4,5)6)76-74(78)67-64-61-58-55-52-49-47-45-43-41-34-32-30-28-26-23-20-17-14-11-8-2/h11,14,19-20,22-23,27-30,33-35,41,45,47,52,55,63,66,72-73H,7-10,12-13,15-18,21,24-26,31-32,36-40,42-44,46,48-51,53-54,56-62,64-65,67-71H2,1-6H3,(H-,76,78,80,81)/p+1/b14-11-,22-19-,23-20-,29-27-,30-28-,35-33-,41-34-,47-45-,55-52-,66-63-. The van der Waals surface area contributed by atoms with Crippen molar-refractivity contribution in [1.82, 2.24) is 5.32 Å². The minimum Gasteiger partial charge on any atom is -0.456 e. The summed E-state index contributed by atoms with van der Waals surface area (Å²) in [5.41, 5.74) is 0. The van der Waals surface area contributed by atoms with Gasteiger partial charge in [0.15, 0.2) is 0 Å². The summed E-state index contributed by atoms with van der Waals surface area (Å²) in [5.74, 6) is -0.559. The zero-order valence-electron chi connectivity index (χ0n) is 55.8. The molecule has 0 bridgehead atoms. The number of phosphoric ester groups is 1. The molecule has 3 atom stereocenters. The van der Waals surface area contributed by atoms with Gasteiger partial charge in [-0.15, -0.1) is 0 Å². The molecule has 0 heterocycles. The molecular formula is C75H132N2O7P+. The normalized spacial score (nSPS) is 14.3. The Kier molecular flexibility index (Phi) is 60.8. The topological polar surface area (TPSA) is 111 Å². The Hall–Kier alpha value is -3.59. The van der Waals surface area contributed by atoms with Crippen LogP contribution in [0.3, 0.4) is 0 Å². The number of hydrogen-bond donors (Lipinski definition) is 2. The van der Waals surface area contributed by atoms with E-state index in [9.17, 15) is 19.0 Å². The number of nitrogens with zero attached hydrogens (tertiary/aromatic N) is 1. The second-order valence-electron chi connectivity index (χ2n) is 24.3. The number of quaternary nitrogens is 1. The van der Waals surface area contributed by atoms with Crippen LogP contribution in [0.4, 0.5) is 0 Å². The van der Waals surface area contributed by atoms with Crippen LogP contribution < -0.4 is 5.32 Å². The van der Waals surface area contributed by atoms with Gasteiger partial charge in [0, 0.05) is 12.8 Å². The molecule has 85 heavy (non-hydrogen) atoms. The zero-order valence-corrected chi connectivity index (χ0v) is 56.7. The molecule has 0 fully saturated rings. The third-order valence-corrected chi connectivity index (χ3v) is 15.9. The number of allylic oxidation sites excluding steroid dienone is 19. The van der Waals surface area contributed by atoms with Gasteiger partial charge in [-0.05, 0) is 122 Å². The van der Waals surface area contributed by atoms with Gasteiger partial charge < -0.3 is 19.4 Å². The molecular weight excluding hydrogens is 1070 g/mol. The van der Waals surface area contributed by atoms with E-state index in [1.165, 1.54) is 148 Å². The number of unbranched alkanes of at least 4 members (excludes halogenated alkanes) is 28. The molecule has 0 aliphatic heterocycles. The van der Waals surface area contributed by atoms with Crippen molar-refractivity contribution in [3.8, 4) is 0 Å². The Labute approximate surface area is 524 Å². The molecule has 0 rings (SSSR count). The summed E-state index contributed by atoms with van der Waals surface area (Å²) in [5, 5.41) is 3.04. The molecule has 0 aliphatic carbocycles. The Morgan fingerprint density at radius 2 is 0.753 bits per heavy atom. The molecule has 0 aromatic carbocycles. The largest absolute Gasteiger partial charge is 0.472 e. The average molecular weight is 1200 g/mol. The first-order valence-corrected chi connectivity index (χ1v) is 36.4. The molecule has 3 unspecified atom stereocenters. The first-order chi connectivity index (χ1) is 41.4. The van der Waals surface area contributed by atoms with Crippen molar-refractivity contribution in [2.75, 3.05) is 40.9 Å². The van der Waals surface area contributed by atoms with Gasteiger partial charge in [0.05, 0.1) is 33.8 Å². The molecule has 10 heteroatoms. The molecule has 1 amide bonds. The Bertz CT molecular complexity index is 1870. The van der Waals surface area contributed by atoms with E-state index in [2.05, 4.69) is 135 Å². The van der Waals surface area contributed by atoms with Gasteiger partial charge in [-0.3, -0.25) is 18.6 Å². The highest BCUT2D eigenvalue weighted by molar-refractivity contribution is 7.47. The first kappa shape index (κ1) is 81.4. The first-order valence-electron chi connectivity index (χ1n) is 34.9. The summed E-state index contributed by atoms with van der Waals surface area (Å²) >= 11 is 0.